The van der Waals surface area contributed by atoms with Gasteiger partial charge in [0.2, 0.25) is 0 Å². The Labute approximate surface area is 94.0 Å². The van der Waals surface area contributed by atoms with Gasteiger partial charge in [-0.15, -0.1) is 0 Å². The summed E-state index contributed by atoms with van der Waals surface area (Å²) in [5, 5.41) is 9.45. The highest BCUT2D eigenvalue weighted by molar-refractivity contribution is 6.31. The lowest BCUT2D eigenvalue weighted by atomic mass is 10.1. The molecule has 0 amide bonds. The van der Waals surface area contributed by atoms with E-state index in [0.29, 0.717) is 0 Å². The number of hydrogen-bond donors (Lipinski definition) is 1. The Bertz CT molecular complexity index is 502. The summed E-state index contributed by atoms with van der Waals surface area (Å²) in [5.41, 5.74) is 3.36. The van der Waals surface area contributed by atoms with Gasteiger partial charge < -0.3 is 5.32 Å². The second kappa shape index (κ2) is 3.83. The molecule has 1 N–H and O–H groups in total. The maximum Gasteiger partial charge on any atom is 0.0727 e. The van der Waals surface area contributed by atoms with Crippen LogP contribution in [0.2, 0.25) is 5.02 Å². The smallest absolute Gasteiger partial charge is 0.0727 e. The molecule has 0 saturated heterocycles. The van der Waals surface area contributed by atoms with Crippen molar-refractivity contribution in [1.29, 1.82) is 0 Å². The predicted octanol–water partition coefficient (Wildman–Crippen LogP) is 2.25. The van der Waals surface area contributed by atoms with Crippen molar-refractivity contribution < 1.29 is 0 Å². The monoisotopic (exact) mass is 223 g/mol. The normalized spacial score (nSPS) is 11.2. The third-order valence-electron chi connectivity index (χ3n) is 2.53. The molecule has 1 heterocycles. The number of nitrogens with one attached hydrogen (secondary N) is 1. The van der Waals surface area contributed by atoms with Crippen LogP contribution in [0.5, 0.6) is 0 Å². The number of benzene rings is 1. The predicted molar refractivity (Wildman–Crippen MR) is 63.2 cm³/mol. The fraction of sp³-hybridized carbons (Fsp3) is 0.364. The standard InChI is InChI=1S/C11H14ClN3/c1-7-10-5-9(12)4-8(6-13-2)11(10)15(3)14-7/h4-5,13H,6H2,1-3H3. The van der Waals surface area contributed by atoms with Crippen molar-refractivity contribution in [1.82, 2.24) is 15.1 Å². The molecular weight excluding hydrogens is 210 g/mol. The molecule has 1 aromatic carbocycles. The molecule has 0 unspecified atom stereocenters. The van der Waals surface area contributed by atoms with E-state index in [1.807, 2.05) is 37.8 Å². The molecule has 3 nitrogen and oxygen atoms in total. The van der Waals surface area contributed by atoms with E-state index in [9.17, 15) is 0 Å². The Kier molecular flexibility index (Phi) is 2.67. The van der Waals surface area contributed by atoms with Crippen LogP contribution in [0.25, 0.3) is 10.9 Å². The lowest BCUT2D eigenvalue weighted by molar-refractivity contribution is 0.766. The van der Waals surface area contributed by atoms with E-state index < -0.39 is 0 Å². The van der Waals surface area contributed by atoms with E-state index in [-0.39, 0.29) is 0 Å². The van der Waals surface area contributed by atoms with Crippen molar-refractivity contribution in [3.63, 3.8) is 0 Å². The van der Waals surface area contributed by atoms with Crippen LogP contribution in [0.15, 0.2) is 12.1 Å². The van der Waals surface area contributed by atoms with Gasteiger partial charge in [-0.25, -0.2) is 0 Å². The summed E-state index contributed by atoms with van der Waals surface area (Å²) in [5.74, 6) is 0. The van der Waals surface area contributed by atoms with Gasteiger partial charge in [0, 0.05) is 24.0 Å². The Morgan fingerprint density at radius 2 is 2.20 bits per heavy atom. The summed E-state index contributed by atoms with van der Waals surface area (Å²) in [6.45, 7) is 2.80. The summed E-state index contributed by atoms with van der Waals surface area (Å²) in [6.07, 6.45) is 0. The van der Waals surface area contributed by atoms with Crippen LogP contribution in [-0.2, 0) is 13.6 Å². The average molecular weight is 224 g/mol. The second-order valence-electron chi connectivity index (χ2n) is 3.70. The molecule has 0 atom stereocenters. The fourth-order valence-electron chi connectivity index (χ4n) is 1.97. The molecule has 0 bridgehead atoms. The van der Waals surface area contributed by atoms with Crippen molar-refractivity contribution in [2.45, 2.75) is 13.5 Å². The summed E-state index contributed by atoms with van der Waals surface area (Å²) in [6, 6.07) is 3.96. The zero-order valence-corrected chi connectivity index (χ0v) is 9.89. The first kappa shape index (κ1) is 10.5. The van der Waals surface area contributed by atoms with Gasteiger partial charge in [-0.1, -0.05) is 11.6 Å². The van der Waals surface area contributed by atoms with Gasteiger partial charge in [-0.3, -0.25) is 4.68 Å². The summed E-state index contributed by atoms with van der Waals surface area (Å²) >= 11 is 6.08. The molecule has 15 heavy (non-hydrogen) atoms. The quantitative estimate of drug-likeness (QED) is 0.847. The molecule has 0 aliphatic rings. The van der Waals surface area contributed by atoms with Gasteiger partial charge >= 0.3 is 0 Å². The molecule has 0 saturated carbocycles. The number of aromatic nitrogens is 2. The van der Waals surface area contributed by atoms with Gasteiger partial charge in [-0.05, 0) is 31.7 Å². The van der Waals surface area contributed by atoms with Gasteiger partial charge in [0.25, 0.3) is 0 Å². The molecule has 1 aromatic heterocycles. The zero-order chi connectivity index (χ0) is 11.0. The van der Waals surface area contributed by atoms with Crippen molar-refractivity contribution in [2.24, 2.45) is 7.05 Å². The molecule has 0 aliphatic carbocycles. The average Bonchev–Trinajstić information content (AvgIpc) is 2.42. The number of hydrogen-bond acceptors (Lipinski definition) is 2. The SMILES string of the molecule is CNCc1cc(Cl)cc2c(C)nn(C)c12. The summed E-state index contributed by atoms with van der Waals surface area (Å²) < 4.78 is 1.91. The minimum atomic E-state index is 0.767. The molecule has 2 aromatic rings. The van der Waals surface area contributed by atoms with Crippen LogP contribution in [0.4, 0.5) is 0 Å². The third kappa shape index (κ3) is 1.73. The third-order valence-corrected chi connectivity index (χ3v) is 2.75. The number of fused-ring (bicyclic) bond motifs is 1. The maximum absolute atomic E-state index is 6.08. The van der Waals surface area contributed by atoms with E-state index in [2.05, 4.69) is 10.4 Å². The van der Waals surface area contributed by atoms with E-state index in [1.54, 1.807) is 0 Å². The first-order valence-corrected chi connectivity index (χ1v) is 5.27. The highest BCUT2D eigenvalue weighted by atomic mass is 35.5. The molecule has 2 rings (SSSR count). The highest BCUT2D eigenvalue weighted by Gasteiger charge is 2.10. The summed E-state index contributed by atoms with van der Waals surface area (Å²) in [7, 11) is 3.89. The van der Waals surface area contributed by atoms with Crippen molar-refractivity contribution >= 4 is 22.5 Å². The minimum Gasteiger partial charge on any atom is -0.316 e. The first-order valence-electron chi connectivity index (χ1n) is 4.90. The fourth-order valence-corrected chi connectivity index (χ4v) is 2.21. The van der Waals surface area contributed by atoms with Crippen LogP contribution in [0.3, 0.4) is 0 Å². The van der Waals surface area contributed by atoms with Gasteiger partial charge in [0.15, 0.2) is 0 Å². The van der Waals surface area contributed by atoms with Gasteiger partial charge in [-0.2, -0.15) is 5.10 Å². The van der Waals surface area contributed by atoms with Gasteiger partial charge in [0.1, 0.15) is 0 Å². The molecule has 80 valence electrons. The van der Waals surface area contributed by atoms with E-state index in [4.69, 9.17) is 11.6 Å². The largest absolute Gasteiger partial charge is 0.316 e. The molecule has 4 heteroatoms. The van der Waals surface area contributed by atoms with Crippen LogP contribution in [-0.4, -0.2) is 16.8 Å². The second-order valence-corrected chi connectivity index (χ2v) is 4.14. The van der Waals surface area contributed by atoms with E-state index >= 15 is 0 Å². The van der Waals surface area contributed by atoms with Crippen molar-refractivity contribution in [2.75, 3.05) is 7.05 Å². The number of nitrogens with zero attached hydrogens (tertiary/aromatic N) is 2. The van der Waals surface area contributed by atoms with Crippen LogP contribution in [0, 0.1) is 6.92 Å². The molecule has 0 spiro atoms. The van der Waals surface area contributed by atoms with E-state index in [0.717, 1.165) is 28.2 Å². The minimum absolute atomic E-state index is 0.767. The molecule has 0 radical (unpaired) electrons. The maximum atomic E-state index is 6.08. The zero-order valence-electron chi connectivity index (χ0n) is 9.13. The Morgan fingerprint density at radius 3 is 2.87 bits per heavy atom. The molecule has 0 aliphatic heterocycles. The van der Waals surface area contributed by atoms with Crippen LogP contribution in [0.1, 0.15) is 11.3 Å². The lowest BCUT2D eigenvalue weighted by Crippen LogP contribution is -2.07. The highest BCUT2D eigenvalue weighted by Crippen LogP contribution is 2.25. The van der Waals surface area contributed by atoms with Crippen molar-refractivity contribution in [3.8, 4) is 0 Å². The Hall–Kier alpha value is -1.06. The Morgan fingerprint density at radius 1 is 1.47 bits per heavy atom. The van der Waals surface area contributed by atoms with E-state index in [1.165, 1.54) is 5.56 Å². The number of rotatable bonds is 2. The van der Waals surface area contributed by atoms with Gasteiger partial charge in [0.05, 0.1) is 11.2 Å². The molecule has 0 fully saturated rings. The van der Waals surface area contributed by atoms with Crippen LogP contribution < -0.4 is 5.32 Å². The lowest BCUT2D eigenvalue weighted by Gasteiger charge is -2.05. The van der Waals surface area contributed by atoms with Crippen LogP contribution >= 0.6 is 11.6 Å². The first-order chi connectivity index (χ1) is 7.13. The number of halogens is 1. The molecular formula is C11H14ClN3. The van der Waals surface area contributed by atoms with Crippen molar-refractivity contribution in [3.05, 3.63) is 28.4 Å². The number of aryl methyl sites for hydroxylation is 2. The Balaban J connectivity index is 2.77. The summed E-state index contributed by atoms with van der Waals surface area (Å²) in [4.78, 5) is 0. The topological polar surface area (TPSA) is 29.9 Å².